The number of benzene rings is 1. The fourth-order valence-electron chi connectivity index (χ4n) is 2.65. The molecule has 2 rings (SSSR count). The first-order chi connectivity index (χ1) is 7.00. The summed E-state index contributed by atoms with van der Waals surface area (Å²) in [5.41, 5.74) is 12.1. The van der Waals surface area contributed by atoms with Gasteiger partial charge in [-0.1, -0.05) is 17.7 Å². The average molecular weight is 203 g/mol. The van der Waals surface area contributed by atoms with Gasteiger partial charge in [-0.2, -0.15) is 0 Å². The van der Waals surface area contributed by atoms with Gasteiger partial charge in [-0.3, -0.25) is 0 Å². The highest BCUT2D eigenvalue weighted by Gasteiger charge is 2.33. The molecule has 1 fully saturated rings. The molecule has 1 saturated carbocycles. The molecule has 1 heteroatoms. The Morgan fingerprint density at radius 2 is 1.67 bits per heavy atom. The summed E-state index contributed by atoms with van der Waals surface area (Å²) in [5, 5.41) is 0. The van der Waals surface area contributed by atoms with Gasteiger partial charge in [0.25, 0.3) is 0 Å². The zero-order valence-electron chi connectivity index (χ0n) is 10.1. The van der Waals surface area contributed by atoms with E-state index in [0.717, 1.165) is 6.42 Å². The second-order valence-electron chi connectivity index (χ2n) is 5.27. The number of aryl methyl sites for hydroxylation is 3. The molecule has 15 heavy (non-hydrogen) atoms. The molecule has 0 amide bonds. The third-order valence-corrected chi connectivity index (χ3v) is 3.72. The molecule has 1 aromatic carbocycles. The molecule has 0 spiro atoms. The normalized spacial score (nSPS) is 18.7. The van der Waals surface area contributed by atoms with E-state index < -0.39 is 0 Å². The van der Waals surface area contributed by atoms with Crippen molar-refractivity contribution in [1.82, 2.24) is 0 Å². The van der Waals surface area contributed by atoms with Crippen LogP contribution in [0.2, 0.25) is 0 Å². The molecule has 1 aromatic rings. The smallest absolute Gasteiger partial charge is 0.0195 e. The van der Waals surface area contributed by atoms with Gasteiger partial charge in [-0.15, -0.1) is 0 Å². The molecule has 0 heterocycles. The second-order valence-corrected chi connectivity index (χ2v) is 5.27. The summed E-state index contributed by atoms with van der Waals surface area (Å²) in [6, 6.07) is 4.54. The molecule has 0 radical (unpaired) electrons. The molecule has 2 N–H and O–H groups in total. The van der Waals surface area contributed by atoms with E-state index >= 15 is 0 Å². The fourth-order valence-corrected chi connectivity index (χ4v) is 2.65. The molecule has 0 unspecified atom stereocenters. The average Bonchev–Trinajstić information content (AvgIpc) is 2.08. The lowest BCUT2D eigenvalue weighted by molar-refractivity contribution is 0.247. The lowest BCUT2D eigenvalue weighted by atomic mass is 9.72. The maximum absolute atomic E-state index is 6.31. The Labute approximate surface area is 92.7 Å². The minimum atomic E-state index is 0.102. The number of hydrogen-bond donors (Lipinski definition) is 1. The summed E-state index contributed by atoms with van der Waals surface area (Å²) >= 11 is 0. The van der Waals surface area contributed by atoms with Crippen LogP contribution in [0.15, 0.2) is 12.1 Å². The van der Waals surface area contributed by atoms with Gasteiger partial charge in [0.15, 0.2) is 0 Å². The third kappa shape index (κ3) is 2.07. The number of rotatable bonds is 2. The quantitative estimate of drug-likeness (QED) is 0.785. The minimum absolute atomic E-state index is 0.102. The van der Waals surface area contributed by atoms with Crippen molar-refractivity contribution in [1.29, 1.82) is 0 Å². The van der Waals surface area contributed by atoms with E-state index in [0.29, 0.717) is 0 Å². The van der Waals surface area contributed by atoms with E-state index in [1.165, 1.54) is 41.5 Å². The van der Waals surface area contributed by atoms with Crippen molar-refractivity contribution >= 4 is 0 Å². The van der Waals surface area contributed by atoms with Gasteiger partial charge in [0.2, 0.25) is 0 Å². The summed E-state index contributed by atoms with van der Waals surface area (Å²) in [5.74, 6) is 0. The van der Waals surface area contributed by atoms with Crippen LogP contribution in [0.4, 0.5) is 0 Å². The van der Waals surface area contributed by atoms with Crippen LogP contribution >= 0.6 is 0 Å². The summed E-state index contributed by atoms with van der Waals surface area (Å²) < 4.78 is 0. The first-order valence-electron chi connectivity index (χ1n) is 5.86. The first kappa shape index (κ1) is 10.7. The molecule has 0 aromatic heterocycles. The van der Waals surface area contributed by atoms with E-state index in [4.69, 9.17) is 5.73 Å². The van der Waals surface area contributed by atoms with Crippen LogP contribution < -0.4 is 5.73 Å². The highest BCUT2D eigenvalue weighted by molar-refractivity contribution is 5.38. The Kier molecular flexibility index (Phi) is 2.59. The van der Waals surface area contributed by atoms with Crippen LogP contribution in [0, 0.1) is 20.8 Å². The van der Waals surface area contributed by atoms with E-state index in [2.05, 4.69) is 32.9 Å². The van der Waals surface area contributed by atoms with Crippen molar-refractivity contribution in [3.63, 3.8) is 0 Å². The van der Waals surface area contributed by atoms with Crippen LogP contribution in [0.25, 0.3) is 0 Å². The van der Waals surface area contributed by atoms with Crippen molar-refractivity contribution < 1.29 is 0 Å². The predicted molar refractivity (Wildman–Crippen MR) is 65.1 cm³/mol. The molecule has 1 aliphatic carbocycles. The Morgan fingerprint density at radius 3 is 2.07 bits per heavy atom. The van der Waals surface area contributed by atoms with Crippen molar-refractivity contribution in [2.75, 3.05) is 0 Å². The Bertz CT molecular complexity index is 352. The van der Waals surface area contributed by atoms with E-state index in [1.807, 2.05) is 0 Å². The van der Waals surface area contributed by atoms with Crippen molar-refractivity contribution in [3.05, 3.63) is 34.4 Å². The van der Waals surface area contributed by atoms with Gasteiger partial charge < -0.3 is 5.73 Å². The Hall–Kier alpha value is -0.820. The van der Waals surface area contributed by atoms with Crippen LogP contribution in [-0.4, -0.2) is 5.54 Å². The van der Waals surface area contributed by atoms with Crippen LogP contribution in [-0.2, 0) is 6.42 Å². The molecule has 0 saturated heterocycles. The standard InChI is InChI=1S/C14H21N/c1-10-7-11(2)13(12(3)8-10)9-14(15)5-4-6-14/h7-8H,4-6,9,15H2,1-3H3. The van der Waals surface area contributed by atoms with Gasteiger partial charge in [-0.05, 0) is 63.1 Å². The number of hydrogen-bond acceptors (Lipinski definition) is 1. The SMILES string of the molecule is Cc1cc(C)c(CC2(N)CCC2)c(C)c1. The number of nitrogens with two attached hydrogens (primary N) is 1. The fraction of sp³-hybridized carbons (Fsp3) is 0.571. The highest BCUT2D eigenvalue weighted by Crippen LogP contribution is 2.34. The summed E-state index contributed by atoms with van der Waals surface area (Å²) in [4.78, 5) is 0. The van der Waals surface area contributed by atoms with Crippen LogP contribution in [0.1, 0.15) is 41.5 Å². The molecular weight excluding hydrogens is 182 g/mol. The summed E-state index contributed by atoms with van der Waals surface area (Å²) in [6.45, 7) is 6.57. The highest BCUT2D eigenvalue weighted by atomic mass is 14.8. The van der Waals surface area contributed by atoms with Gasteiger partial charge in [-0.25, -0.2) is 0 Å². The zero-order chi connectivity index (χ0) is 11.1. The van der Waals surface area contributed by atoms with E-state index in [9.17, 15) is 0 Å². The van der Waals surface area contributed by atoms with Gasteiger partial charge >= 0.3 is 0 Å². The van der Waals surface area contributed by atoms with E-state index in [-0.39, 0.29) is 5.54 Å². The largest absolute Gasteiger partial charge is 0.325 e. The molecule has 0 bridgehead atoms. The second kappa shape index (κ2) is 3.64. The third-order valence-electron chi connectivity index (χ3n) is 3.72. The maximum atomic E-state index is 6.31. The molecule has 1 nitrogen and oxygen atoms in total. The molecule has 1 aliphatic rings. The van der Waals surface area contributed by atoms with Gasteiger partial charge in [0, 0.05) is 5.54 Å². The van der Waals surface area contributed by atoms with Crippen molar-refractivity contribution in [2.24, 2.45) is 5.73 Å². The van der Waals surface area contributed by atoms with Gasteiger partial charge in [0.1, 0.15) is 0 Å². The molecule has 0 atom stereocenters. The van der Waals surface area contributed by atoms with Crippen LogP contribution in [0.5, 0.6) is 0 Å². The van der Waals surface area contributed by atoms with Crippen molar-refractivity contribution in [3.8, 4) is 0 Å². The summed E-state index contributed by atoms with van der Waals surface area (Å²) in [7, 11) is 0. The lowest BCUT2D eigenvalue weighted by Crippen LogP contribution is -2.48. The van der Waals surface area contributed by atoms with Crippen LogP contribution in [0.3, 0.4) is 0 Å². The molecular formula is C14H21N. The van der Waals surface area contributed by atoms with E-state index in [1.54, 1.807) is 0 Å². The first-order valence-corrected chi connectivity index (χ1v) is 5.86. The van der Waals surface area contributed by atoms with Gasteiger partial charge in [0.05, 0.1) is 0 Å². The monoisotopic (exact) mass is 203 g/mol. The Balaban J connectivity index is 2.28. The topological polar surface area (TPSA) is 26.0 Å². The minimum Gasteiger partial charge on any atom is -0.325 e. The lowest BCUT2D eigenvalue weighted by Gasteiger charge is -2.39. The zero-order valence-corrected chi connectivity index (χ0v) is 10.1. The summed E-state index contributed by atoms with van der Waals surface area (Å²) in [6.07, 6.45) is 4.75. The predicted octanol–water partition coefficient (Wildman–Crippen LogP) is 3.04. The van der Waals surface area contributed by atoms with Crippen molar-refractivity contribution in [2.45, 2.75) is 52.0 Å². The molecule has 82 valence electrons. The Morgan fingerprint density at radius 1 is 1.13 bits per heavy atom. The maximum Gasteiger partial charge on any atom is 0.0195 e. The molecule has 0 aliphatic heterocycles.